The highest BCUT2D eigenvalue weighted by Crippen LogP contribution is 2.10. The Morgan fingerprint density at radius 3 is 2.92 bits per heavy atom. The second-order valence-corrected chi connectivity index (χ2v) is 6.28. The Morgan fingerprint density at radius 1 is 1.33 bits per heavy atom. The summed E-state index contributed by atoms with van der Waals surface area (Å²) in [7, 11) is 0. The first-order chi connectivity index (χ1) is 11.6. The fourth-order valence-electron chi connectivity index (χ4n) is 2.94. The Bertz CT molecular complexity index is 760. The quantitative estimate of drug-likeness (QED) is 0.829. The van der Waals surface area contributed by atoms with Crippen LogP contribution in [0.1, 0.15) is 33.7 Å². The molecule has 1 amide bonds. The van der Waals surface area contributed by atoms with Gasteiger partial charge in [0.2, 0.25) is 0 Å². The van der Waals surface area contributed by atoms with E-state index >= 15 is 0 Å². The van der Waals surface area contributed by atoms with Gasteiger partial charge in [-0.2, -0.15) is 5.10 Å². The number of nitrogens with one attached hydrogen (secondary N) is 2. The Kier molecular flexibility index (Phi) is 5.11. The normalized spacial score (nSPS) is 14.3. The van der Waals surface area contributed by atoms with Crippen LogP contribution in [0.3, 0.4) is 0 Å². The molecule has 0 aliphatic carbocycles. The fraction of sp³-hybridized carbons (Fsp3) is 0.368. The molecule has 2 aromatic rings. The highest BCUT2D eigenvalue weighted by molar-refractivity contribution is 5.94. The summed E-state index contributed by atoms with van der Waals surface area (Å²) in [6, 6.07) is 9.82. The van der Waals surface area contributed by atoms with E-state index in [0.717, 1.165) is 36.5 Å². The molecule has 1 aliphatic heterocycles. The molecule has 0 unspecified atom stereocenters. The first kappa shape index (κ1) is 16.5. The molecule has 1 aromatic heterocycles. The zero-order valence-electron chi connectivity index (χ0n) is 14.3. The number of aryl methyl sites for hydroxylation is 2. The van der Waals surface area contributed by atoms with Gasteiger partial charge in [-0.3, -0.25) is 9.48 Å². The Morgan fingerprint density at radius 2 is 2.21 bits per heavy atom. The number of hydrogen-bond acceptors (Lipinski definition) is 3. The van der Waals surface area contributed by atoms with Crippen LogP contribution in [-0.4, -0.2) is 35.3 Å². The van der Waals surface area contributed by atoms with Crippen molar-refractivity contribution in [2.75, 3.05) is 19.6 Å². The van der Waals surface area contributed by atoms with Crippen molar-refractivity contribution in [2.45, 2.75) is 26.8 Å². The van der Waals surface area contributed by atoms with E-state index in [1.807, 2.05) is 42.8 Å². The Hall–Kier alpha value is -2.40. The van der Waals surface area contributed by atoms with E-state index in [9.17, 15) is 4.79 Å². The lowest BCUT2D eigenvalue weighted by molar-refractivity contribution is 0.0956. The van der Waals surface area contributed by atoms with Gasteiger partial charge in [0.1, 0.15) is 0 Å². The third kappa shape index (κ3) is 4.11. The van der Waals surface area contributed by atoms with Gasteiger partial charge < -0.3 is 10.6 Å². The minimum absolute atomic E-state index is 0.0235. The number of amides is 1. The third-order valence-electron chi connectivity index (χ3n) is 4.26. The molecule has 5 heteroatoms. The number of benzene rings is 1. The van der Waals surface area contributed by atoms with Crippen molar-refractivity contribution in [1.29, 1.82) is 0 Å². The van der Waals surface area contributed by atoms with Crippen molar-refractivity contribution in [3.05, 3.63) is 64.5 Å². The van der Waals surface area contributed by atoms with Crippen molar-refractivity contribution in [3.63, 3.8) is 0 Å². The van der Waals surface area contributed by atoms with Gasteiger partial charge in [-0.25, -0.2) is 0 Å². The highest BCUT2D eigenvalue weighted by Gasteiger charge is 2.09. The zero-order valence-corrected chi connectivity index (χ0v) is 14.3. The largest absolute Gasteiger partial charge is 0.348 e. The molecule has 0 fully saturated rings. The van der Waals surface area contributed by atoms with Crippen LogP contribution in [0.25, 0.3) is 0 Å². The van der Waals surface area contributed by atoms with Crippen molar-refractivity contribution in [3.8, 4) is 0 Å². The van der Waals surface area contributed by atoms with Crippen LogP contribution in [0.5, 0.6) is 0 Å². The Labute approximate surface area is 142 Å². The molecular formula is C19H24N4O. The molecule has 2 N–H and O–H groups in total. The molecule has 24 heavy (non-hydrogen) atoms. The molecule has 0 bridgehead atoms. The summed E-state index contributed by atoms with van der Waals surface area (Å²) in [4.78, 5) is 12.4. The van der Waals surface area contributed by atoms with Crippen LogP contribution in [0, 0.1) is 13.8 Å². The number of rotatable bonds is 5. The molecule has 1 aromatic carbocycles. The number of carbonyl (C=O) groups excluding carboxylic acids is 1. The van der Waals surface area contributed by atoms with Gasteiger partial charge in [0, 0.05) is 24.3 Å². The minimum Gasteiger partial charge on any atom is -0.348 e. The highest BCUT2D eigenvalue weighted by atomic mass is 16.1. The summed E-state index contributed by atoms with van der Waals surface area (Å²) in [5, 5.41) is 10.8. The maximum absolute atomic E-state index is 12.4. The summed E-state index contributed by atoms with van der Waals surface area (Å²) in [6.45, 7) is 7.22. The van der Waals surface area contributed by atoms with Crippen LogP contribution < -0.4 is 10.6 Å². The molecule has 0 atom stereocenters. The second-order valence-electron chi connectivity index (χ2n) is 6.28. The van der Waals surface area contributed by atoms with Crippen LogP contribution in [0.15, 0.2) is 42.0 Å². The average Bonchev–Trinajstić information content (AvgIpc) is 2.91. The summed E-state index contributed by atoms with van der Waals surface area (Å²) < 4.78 is 1.96. The SMILES string of the molecule is Cc1cc(C)n(Cc2cccc(C(=O)NCC3=CCNCC3)c2)n1. The maximum Gasteiger partial charge on any atom is 0.251 e. The van der Waals surface area contributed by atoms with Crippen LogP contribution in [0.2, 0.25) is 0 Å². The number of aromatic nitrogens is 2. The zero-order chi connectivity index (χ0) is 16.9. The molecule has 0 spiro atoms. The number of hydrogen-bond donors (Lipinski definition) is 2. The lowest BCUT2D eigenvalue weighted by Gasteiger charge is -2.14. The van der Waals surface area contributed by atoms with Gasteiger partial charge in [0.25, 0.3) is 5.91 Å². The van der Waals surface area contributed by atoms with E-state index in [2.05, 4.69) is 27.9 Å². The topological polar surface area (TPSA) is 59.0 Å². The lowest BCUT2D eigenvalue weighted by atomic mass is 10.1. The first-order valence-electron chi connectivity index (χ1n) is 8.38. The second kappa shape index (κ2) is 7.45. The fourth-order valence-corrected chi connectivity index (χ4v) is 2.94. The van der Waals surface area contributed by atoms with Crippen molar-refractivity contribution < 1.29 is 4.79 Å². The van der Waals surface area contributed by atoms with Gasteiger partial charge in [0.05, 0.1) is 12.2 Å². The number of carbonyl (C=O) groups is 1. The van der Waals surface area contributed by atoms with Gasteiger partial charge in [-0.05, 0) is 50.6 Å². The summed E-state index contributed by atoms with van der Waals surface area (Å²) in [5.41, 5.74) is 5.20. The Balaban J connectivity index is 1.64. The number of nitrogens with zero attached hydrogens (tertiary/aromatic N) is 2. The van der Waals surface area contributed by atoms with Crippen molar-refractivity contribution in [1.82, 2.24) is 20.4 Å². The molecule has 2 heterocycles. The summed E-state index contributed by atoms with van der Waals surface area (Å²) >= 11 is 0. The van der Waals surface area contributed by atoms with Crippen LogP contribution in [0.4, 0.5) is 0 Å². The van der Waals surface area contributed by atoms with Gasteiger partial charge in [0.15, 0.2) is 0 Å². The lowest BCUT2D eigenvalue weighted by Crippen LogP contribution is -2.29. The monoisotopic (exact) mass is 324 g/mol. The molecule has 1 aliphatic rings. The molecular weight excluding hydrogens is 300 g/mol. The standard InChI is InChI=1S/C19H24N4O/c1-14-10-15(2)23(22-14)13-17-4-3-5-18(11-17)19(24)21-12-16-6-8-20-9-7-16/h3-6,10-11,20H,7-9,12-13H2,1-2H3,(H,21,24). The molecule has 5 nitrogen and oxygen atoms in total. The van der Waals surface area contributed by atoms with E-state index in [1.165, 1.54) is 5.57 Å². The summed E-state index contributed by atoms with van der Waals surface area (Å²) in [6.07, 6.45) is 3.15. The van der Waals surface area contributed by atoms with Gasteiger partial charge in [-0.1, -0.05) is 23.8 Å². The van der Waals surface area contributed by atoms with Crippen LogP contribution >= 0.6 is 0 Å². The molecule has 126 valence electrons. The first-order valence-corrected chi connectivity index (χ1v) is 8.38. The van der Waals surface area contributed by atoms with Gasteiger partial charge in [-0.15, -0.1) is 0 Å². The van der Waals surface area contributed by atoms with Crippen LogP contribution in [-0.2, 0) is 6.54 Å². The third-order valence-corrected chi connectivity index (χ3v) is 4.26. The maximum atomic E-state index is 12.4. The minimum atomic E-state index is -0.0235. The molecule has 0 saturated heterocycles. The molecule has 0 radical (unpaired) electrons. The van der Waals surface area contributed by atoms with Crippen molar-refractivity contribution >= 4 is 5.91 Å². The molecule has 3 rings (SSSR count). The van der Waals surface area contributed by atoms with Gasteiger partial charge >= 0.3 is 0 Å². The predicted molar refractivity (Wildman–Crippen MR) is 95.1 cm³/mol. The predicted octanol–water partition coefficient (Wildman–Crippen LogP) is 2.20. The van der Waals surface area contributed by atoms with E-state index in [-0.39, 0.29) is 5.91 Å². The van der Waals surface area contributed by atoms with E-state index in [4.69, 9.17) is 0 Å². The van der Waals surface area contributed by atoms with Crippen molar-refractivity contribution in [2.24, 2.45) is 0 Å². The summed E-state index contributed by atoms with van der Waals surface area (Å²) in [5.74, 6) is -0.0235. The average molecular weight is 324 g/mol. The van der Waals surface area contributed by atoms with E-state index in [1.54, 1.807) is 0 Å². The molecule has 0 saturated carbocycles. The smallest absolute Gasteiger partial charge is 0.251 e. The van der Waals surface area contributed by atoms with E-state index in [0.29, 0.717) is 18.7 Å². The van der Waals surface area contributed by atoms with E-state index < -0.39 is 0 Å².